The van der Waals surface area contributed by atoms with Gasteiger partial charge >= 0.3 is 0 Å². The summed E-state index contributed by atoms with van der Waals surface area (Å²) < 4.78 is 5.12. The first-order valence-corrected chi connectivity index (χ1v) is 7.07. The highest BCUT2D eigenvalue weighted by Crippen LogP contribution is 2.24. The predicted molar refractivity (Wildman–Crippen MR) is 82.8 cm³/mol. The summed E-state index contributed by atoms with van der Waals surface area (Å²) in [4.78, 5) is 16.5. The second kappa shape index (κ2) is 6.59. The third-order valence-corrected chi connectivity index (χ3v) is 3.81. The second-order valence-electron chi connectivity index (χ2n) is 4.85. The van der Waals surface area contributed by atoms with Crippen molar-refractivity contribution in [3.05, 3.63) is 59.8 Å². The summed E-state index contributed by atoms with van der Waals surface area (Å²) in [6.07, 6.45) is 1.58. The van der Waals surface area contributed by atoms with Crippen LogP contribution in [0.4, 0.5) is 0 Å². The molecule has 110 valence electrons. The number of nitrogens with one attached hydrogen (secondary N) is 1. The number of carbonyl (C=O) groups is 1. The Balaban J connectivity index is 2.28. The number of pyridine rings is 1. The quantitative estimate of drug-likeness (QED) is 0.864. The van der Waals surface area contributed by atoms with Gasteiger partial charge in [0.25, 0.3) is 5.91 Å². The molecule has 2 aromatic rings. The summed E-state index contributed by atoms with van der Waals surface area (Å²) in [6, 6.07) is 13.0. The maximum Gasteiger partial charge on any atom is 0.257 e. The normalized spacial score (nSPS) is 13.3. The Labute approximate surface area is 129 Å². The molecule has 1 aromatic carbocycles. The topological polar surface area (TPSA) is 51.2 Å². The van der Waals surface area contributed by atoms with Crippen LogP contribution in [-0.4, -0.2) is 23.9 Å². The lowest BCUT2D eigenvalue weighted by atomic mass is 9.93. The predicted octanol–water partition coefficient (Wildman–Crippen LogP) is 2.97. The number of rotatable bonds is 5. The average Bonchev–Trinajstić information content (AvgIpc) is 2.55. The summed E-state index contributed by atoms with van der Waals surface area (Å²) >= 11 is 6.09. The molecular formula is C16H17ClN2O2. The van der Waals surface area contributed by atoms with E-state index in [1.54, 1.807) is 18.3 Å². The molecule has 2 rings (SSSR count). The van der Waals surface area contributed by atoms with Crippen molar-refractivity contribution in [2.45, 2.75) is 12.5 Å². The summed E-state index contributed by atoms with van der Waals surface area (Å²) in [5.41, 5.74) is 0.657. The number of hydrogen-bond donors (Lipinski definition) is 1. The van der Waals surface area contributed by atoms with Gasteiger partial charge in [0.2, 0.25) is 5.88 Å². The maximum absolute atomic E-state index is 12.5. The number of aromatic nitrogens is 1. The number of benzene rings is 1. The van der Waals surface area contributed by atoms with Gasteiger partial charge in [0.15, 0.2) is 0 Å². The molecule has 4 nitrogen and oxygen atoms in total. The highest BCUT2D eigenvalue weighted by atomic mass is 35.5. The van der Waals surface area contributed by atoms with Crippen molar-refractivity contribution in [2.24, 2.45) is 0 Å². The van der Waals surface area contributed by atoms with Crippen LogP contribution in [0.1, 0.15) is 22.8 Å². The van der Waals surface area contributed by atoms with E-state index in [1.165, 1.54) is 7.11 Å². The fourth-order valence-corrected chi connectivity index (χ4v) is 2.25. The zero-order chi connectivity index (χ0) is 15.3. The van der Waals surface area contributed by atoms with Crippen LogP contribution in [0.25, 0.3) is 0 Å². The Hall–Kier alpha value is -2.07. The molecule has 5 heteroatoms. The minimum absolute atomic E-state index is 0.255. The molecule has 1 aromatic heterocycles. The Morgan fingerprint density at radius 3 is 2.62 bits per heavy atom. The van der Waals surface area contributed by atoms with E-state index in [-0.39, 0.29) is 11.8 Å². The average molecular weight is 305 g/mol. The number of carbonyl (C=O) groups excluding carboxylic acids is 1. The molecule has 0 aliphatic rings. The van der Waals surface area contributed by atoms with Gasteiger partial charge in [0.1, 0.15) is 5.56 Å². The van der Waals surface area contributed by atoms with Gasteiger partial charge in [-0.05, 0) is 24.6 Å². The molecule has 0 saturated carbocycles. The van der Waals surface area contributed by atoms with Crippen molar-refractivity contribution in [3.63, 3.8) is 0 Å². The second-order valence-corrected chi connectivity index (χ2v) is 5.11. The standard InChI is InChI=1S/C16H17ClN2O2/c1-16(11-17,12-7-4-3-5-8-12)19-14(20)13-9-6-10-18-15(13)21-2/h3-10H,11H2,1-2H3,(H,19,20). The minimum Gasteiger partial charge on any atom is -0.480 e. The van der Waals surface area contributed by atoms with Crippen LogP contribution in [0.5, 0.6) is 5.88 Å². The third kappa shape index (κ3) is 3.34. The van der Waals surface area contributed by atoms with Crippen molar-refractivity contribution in [1.29, 1.82) is 0 Å². The van der Waals surface area contributed by atoms with Crippen LogP contribution in [0.2, 0.25) is 0 Å². The first-order valence-electron chi connectivity index (χ1n) is 6.54. The molecule has 0 radical (unpaired) electrons. The lowest BCUT2D eigenvalue weighted by Crippen LogP contribution is -2.45. The molecule has 0 aliphatic carbocycles. The zero-order valence-corrected chi connectivity index (χ0v) is 12.7. The molecule has 1 heterocycles. The third-order valence-electron chi connectivity index (χ3n) is 3.28. The summed E-state index contributed by atoms with van der Waals surface area (Å²) in [6.45, 7) is 1.88. The van der Waals surface area contributed by atoms with Gasteiger partial charge in [-0.3, -0.25) is 4.79 Å². The van der Waals surface area contributed by atoms with Crippen LogP contribution in [0, 0.1) is 0 Å². The van der Waals surface area contributed by atoms with Crippen molar-refractivity contribution in [2.75, 3.05) is 13.0 Å². The van der Waals surface area contributed by atoms with E-state index in [9.17, 15) is 4.79 Å². The molecule has 0 fully saturated rings. The van der Waals surface area contributed by atoms with Crippen LogP contribution < -0.4 is 10.1 Å². The number of halogens is 1. The van der Waals surface area contributed by atoms with Crippen molar-refractivity contribution in [3.8, 4) is 5.88 Å². The fourth-order valence-electron chi connectivity index (χ4n) is 2.03. The number of hydrogen-bond acceptors (Lipinski definition) is 3. The summed E-state index contributed by atoms with van der Waals surface area (Å²) in [5, 5.41) is 2.96. The van der Waals surface area contributed by atoms with Gasteiger partial charge < -0.3 is 10.1 Å². The highest BCUT2D eigenvalue weighted by molar-refractivity contribution is 6.19. The summed E-state index contributed by atoms with van der Waals surface area (Å²) in [5.74, 6) is 0.276. The zero-order valence-electron chi connectivity index (χ0n) is 12.0. The first kappa shape index (κ1) is 15.3. The van der Waals surface area contributed by atoms with Crippen molar-refractivity contribution in [1.82, 2.24) is 10.3 Å². The lowest BCUT2D eigenvalue weighted by Gasteiger charge is -2.29. The van der Waals surface area contributed by atoms with E-state index >= 15 is 0 Å². The molecule has 0 saturated heterocycles. The lowest BCUT2D eigenvalue weighted by molar-refractivity contribution is 0.0909. The number of methoxy groups -OCH3 is 1. The van der Waals surface area contributed by atoms with Crippen molar-refractivity contribution < 1.29 is 9.53 Å². The Bertz CT molecular complexity index is 619. The van der Waals surface area contributed by atoms with Gasteiger partial charge in [0.05, 0.1) is 12.6 Å². The molecule has 1 amide bonds. The van der Waals surface area contributed by atoms with Gasteiger partial charge in [-0.25, -0.2) is 4.98 Å². The Morgan fingerprint density at radius 2 is 2.00 bits per heavy atom. The molecule has 1 unspecified atom stereocenters. The SMILES string of the molecule is COc1ncccc1C(=O)NC(C)(CCl)c1ccccc1. The highest BCUT2D eigenvalue weighted by Gasteiger charge is 2.29. The van der Waals surface area contributed by atoms with E-state index in [2.05, 4.69) is 10.3 Å². The van der Waals surface area contributed by atoms with E-state index in [0.29, 0.717) is 11.4 Å². The largest absolute Gasteiger partial charge is 0.480 e. The van der Waals surface area contributed by atoms with E-state index < -0.39 is 5.54 Å². The first-order chi connectivity index (χ1) is 10.1. The van der Waals surface area contributed by atoms with Crippen LogP contribution >= 0.6 is 11.6 Å². The molecule has 1 atom stereocenters. The fraction of sp³-hybridized carbons (Fsp3) is 0.250. The number of nitrogens with zero attached hydrogens (tertiary/aromatic N) is 1. The minimum atomic E-state index is -0.666. The molecule has 1 N–H and O–H groups in total. The van der Waals surface area contributed by atoms with Gasteiger partial charge in [0, 0.05) is 12.1 Å². The van der Waals surface area contributed by atoms with Crippen LogP contribution in [0.15, 0.2) is 48.7 Å². The molecule has 21 heavy (non-hydrogen) atoms. The van der Waals surface area contributed by atoms with Gasteiger partial charge in [-0.1, -0.05) is 30.3 Å². The van der Waals surface area contributed by atoms with Gasteiger partial charge in [-0.2, -0.15) is 0 Å². The van der Waals surface area contributed by atoms with Crippen LogP contribution in [0.3, 0.4) is 0 Å². The van der Waals surface area contributed by atoms with Gasteiger partial charge in [-0.15, -0.1) is 11.6 Å². The van der Waals surface area contributed by atoms with E-state index in [0.717, 1.165) is 5.56 Å². The molecule has 0 aliphatic heterocycles. The molecule has 0 bridgehead atoms. The van der Waals surface area contributed by atoms with E-state index in [1.807, 2.05) is 37.3 Å². The summed E-state index contributed by atoms with van der Waals surface area (Å²) in [7, 11) is 1.48. The van der Waals surface area contributed by atoms with Crippen LogP contribution in [-0.2, 0) is 5.54 Å². The number of ether oxygens (including phenoxy) is 1. The number of amides is 1. The monoisotopic (exact) mass is 304 g/mol. The molecule has 0 spiro atoms. The maximum atomic E-state index is 12.5. The van der Waals surface area contributed by atoms with E-state index in [4.69, 9.17) is 16.3 Å². The molecular weight excluding hydrogens is 288 g/mol. The Kier molecular flexibility index (Phi) is 4.81. The smallest absolute Gasteiger partial charge is 0.257 e. The number of alkyl halides is 1. The Morgan fingerprint density at radius 1 is 1.29 bits per heavy atom. The van der Waals surface area contributed by atoms with Crippen molar-refractivity contribution >= 4 is 17.5 Å².